The maximum atomic E-state index is 5.96. The second-order valence-corrected chi connectivity index (χ2v) is 5.87. The van der Waals surface area contributed by atoms with Crippen LogP contribution in [0.3, 0.4) is 0 Å². The lowest BCUT2D eigenvalue weighted by molar-refractivity contribution is 0.545. The summed E-state index contributed by atoms with van der Waals surface area (Å²) in [5.74, 6) is 2.92. The molecule has 2 N–H and O–H groups in total. The first kappa shape index (κ1) is 13.9. The number of aromatic nitrogens is 2. The molecule has 21 heavy (non-hydrogen) atoms. The van der Waals surface area contributed by atoms with Gasteiger partial charge in [0.2, 0.25) is 0 Å². The molecule has 0 amide bonds. The van der Waals surface area contributed by atoms with Crippen LogP contribution >= 0.6 is 0 Å². The molecule has 1 aromatic heterocycles. The molecule has 2 aromatic rings. The van der Waals surface area contributed by atoms with Gasteiger partial charge in [0.25, 0.3) is 0 Å². The largest absolute Gasteiger partial charge is 0.384 e. The molecule has 1 fully saturated rings. The van der Waals surface area contributed by atoms with Crippen LogP contribution in [0.1, 0.15) is 25.7 Å². The van der Waals surface area contributed by atoms with Gasteiger partial charge in [-0.1, -0.05) is 43.2 Å². The molecule has 1 aliphatic carbocycles. The standard InChI is InChI=1S/C17H22N4/c1-21(12-13-7-5-6-8-13)16-11-15(18)19-17(20-16)14-9-3-2-4-10-14/h2-4,9-11,13H,5-8,12H2,1H3,(H2,18,19,20). The molecule has 0 bridgehead atoms. The van der Waals surface area contributed by atoms with E-state index in [0.29, 0.717) is 11.6 Å². The second-order valence-electron chi connectivity index (χ2n) is 5.87. The number of benzene rings is 1. The number of anilines is 2. The number of hydrogen-bond acceptors (Lipinski definition) is 4. The summed E-state index contributed by atoms with van der Waals surface area (Å²) in [4.78, 5) is 11.2. The molecule has 0 saturated heterocycles. The minimum absolute atomic E-state index is 0.525. The molecule has 4 nitrogen and oxygen atoms in total. The van der Waals surface area contributed by atoms with E-state index in [2.05, 4.69) is 21.9 Å². The topological polar surface area (TPSA) is 55.0 Å². The Morgan fingerprint density at radius 2 is 1.86 bits per heavy atom. The fraction of sp³-hybridized carbons (Fsp3) is 0.412. The third-order valence-electron chi connectivity index (χ3n) is 4.16. The van der Waals surface area contributed by atoms with Crippen LogP contribution in [-0.2, 0) is 0 Å². The van der Waals surface area contributed by atoms with Crippen molar-refractivity contribution in [2.75, 3.05) is 24.2 Å². The minimum Gasteiger partial charge on any atom is -0.384 e. The van der Waals surface area contributed by atoms with E-state index in [1.54, 1.807) is 0 Å². The fourth-order valence-electron chi connectivity index (χ4n) is 3.04. The predicted molar refractivity (Wildman–Crippen MR) is 87.1 cm³/mol. The summed E-state index contributed by atoms with van der Waals surface area (Å²) in [6, 6.07) is 11.9. The van der Waals surface area contributed by atoms with E-state index in [9.17, 15) is 0 Å². The van der Waals surface area contributed by atoms with Crippen LogP contribution in [0.5, 0.6) is 0 Å². The molecule has 0 atom stereocenters. The first-order valence-corrected chi connectivity index (χ1v) is 7.63. The number of nitrogen functional groups attached to an aromatic ring is 1. The first-order chi connectivity index (χ1) is 10.2. The zero-order chi connectivity index (χ0) is 14.7. The van der Waals surface area contributed by atoms with Gasteiger partial charge in [-0.2, -0.15) is 0 Å². The maximum Gasteiger partial charge on any atom is 0.163 e. The summed E-state index contributed by atoms with van der Waals surface area (Å²) < 4.78 is 0. The van der Waals surface area contributed by atoms with Crippen LogP contribution in [0, 0.1) is 5.92 Å². The normalized spacial score (nSPS) is 15.3. The third-order valence-corrected chi connectivity index (χ3v) is 4.16. The molecule has 110 valence electrons. The molecule has 0 unspecified atom stereocenters. The monoisotopic (exact) mass is 282 g/mol. The van der Waals surface area contributed by atoms with E-state index in [0.717, 1.165) is 23.8 Å². The van der Waals surface area contributed by atoms with Gasteiger partial charge in [0.1, 0.15) is 11.6 Å². The quantitative estimate of drug-likeness (QED) is 0.934. The summed E-state index contributed by atoms with van der Waals surface area (Å²) >= 11 is 0. The molecule has 0 aliphatic heterocycles. The van der Waals surface area contributed by atoms with Crippen LogP contribution in [0.15, 0.2) is 36.4 Å². The SMILES string of the molecule is CN(CC1CCCC1)c1cc(N)nc(-c2ccccc2)n1. The number of rotatable bonds is 4. The molecule has 3 rings (SSSR count). The van der Waals surface area contributed by atoms with E-state index in [1.165, 1.54) is 25.7 Å². The van der Waals surface area contributed by atoms with Crippen molar-refractivity contribution < 1.29 is 0 Å². The van der Waals surface area contributed by atoms with E-state index >= 15 is 0 Å². The average molecular weight is 282 g/mol. The van der Waals surface area contributed by atoms with Gasteiger partial charge in [0, 0.05) is 25.2 Å². The Labute approximate surface area is 126 Å². The summed E-state index contributed by atoms with van der Waals surface area (Å²) in [5, 5.41) is 0. The predicted octanol–water partition coefficient (Wildman–Crippen LogP) is 3.35. The van der Waals surface area contributed by atoms with Crippen molar-refractivity contribution in [3.8, 4) is 11.4 Å². The van der Waals surface area contributed by atoms with Crippen molar-refractivity contribution in [3.63, 3.8) is 0 Å². The molecule has 1 saturated carbocycles. The zero-order valence-electron chi connectivity index (χ0n) is 12.5. The Bertz CT molecular complexity index is 591. The lowest BCUT2D eigenvalue weighted by atomic mass is 10.1. The number of hydrogen-bond donors (Lipinski definition) is 1. The molecule has 0 spiro atoms. The van der Waals surface area contributed by atoms with Crippen molar-refractivity contribution in [3.05, 3.63) is 36.4 Å². The number of nitrogens with zero attached hydrogens (tertiary/aromatic N) is 3. The van der Waals surface area contributed by atoms with Crippen molar-refractivity contribution in [1.82, 2.24) is 9.97 Å². The van der Waals surface area contributed by atoms with E-state index in [-0.39, 0.29) is 0 Å². The molecule has 0 radical (unpaired) electrons. The van der Waals surface area contributed by atoms with Gasteiger partial charge in [0.15, 0.2) is 5.82 Å². The molecule has 1 aromatic carbocycles. The summed E-state index contributed by atoms with van der Waals surface area (Å²) in [6.07, 6.45) is 5.38. The highest BCUT2D eigenvalue weighted by Gasteiger charge is 2.18. The Hall–Kier alpha value is -2.10. The molecular weight excluding hydrogens is 260 g/mol. The maximum absolute atomic E-state index is 5.96. The van der Waals surface area contributed by atoms with Gasteiger partial charge in [-0.3, -0.25) is 0 Å². The Morgan fingerprint density at radius 3 is 2.57 bits per heavy atom. The van der Waals surface area contributed by atoms with E-state index in [4.69, 9.17) is 5.73 Å². The third kappa shape index (κ3) is 3.32. The van der Waals surface area contributed by atoms with Crippen molar-refractivity contribution in [2.45, 2.75) is 25.7 Å². The summed E-state index contributed by atoms with van der Waals surface area (Å²) in [6.45, 7) is 1.05. The van der Waals surface area contributed by atoms with Crippen LogP contribution < -0.4 is 10.6 Å². The van der Waals surface area contributed by atoms with Gasteiger partial charge < -0.3 is 10.6 Å². The van der Waals surface area contributed by atoms with Crippen LogP contribution in [0.25, 0.3) is 11.4 Å². The fourth-order valence-corrected chi connectivity index (χ4v) is 3.04. The summed E-state index contributed by atoms with van der Waals surface area (Å²) in [7, 11) is 2.09. The van der Waals surface area contributed by atoms with Crippen LogP contribution in [0.4, 0.5) is 11.6 Å². The van der Waals surface area contributed by atoms with Crippen LogP contribution in [-0.4, -0.2) is 23.6 Å². The van der Waals surface area contributed by atoms with Crippen molar-refractivity contribution in [2.24, 2.45) is 5.92 Å². The highest BCUT2D eigenvalue weighted by atomic mass is 15.2. The molecule has 1 heterocycles. The Morgan fingerprint density at radius 1 is 1.14 bits per heavy atom. The van der Waals surface area contributed by atoms with Crippen molar-refractivity contribution in [1.29, 1.82) is 0 Å². The van der Waals surface area contributed by atoms with Gasteiger partial charge in [-0.25, -0.2) is 9.97 Å². The lowest BCUT2D eigenvalue weighted by Crippen LogP contribution is -2.25. The smallest absolute Gasteiger partial charge is 0.163 e. The van der Waals surface area contributed by atoms with Gasteiger partial charge in [-0.05, 0) is 18.8 Å². The van der Waals surface area contributed by atoms with E-state index < -0.39 is 0 Å². The zero-order valence-corrected chi connectivity index (χ0v) is 12.5. The average Bonchev–Trinajstić information content (AvgIpc) is 3.00. The van der Waals surface area contributed by atoms with Gasteiger partial charge >= 0.3 is 0 Å². The van der Waals surface area contributed by atoms with Crippen LogP contribution in [0.2, 0.25) is 0 Å². The van der Waals surface area contributed by atoms with E-state index in [1.807, 2.05) is 36.4 Å². The molecule has 4 heteroatoms. The Balaban J connectivity index is 1.83. The molecular formula is C17H22N4. The summed E-state index contributed by atoms with van der Waals surface area (Å²) in [5.41, 5.74) is 6.97. The molecule has 1 aliphatic rings. The van der Waals surface area contributed by atoms with Gasteiger partial charge in [0.05, 0.1) is 0 Å². The van der Waals surface area contributed by atoms with Crippen molar-refractivity contribution >= 4 is 11.6 Å². The lowest BCUT2D eigenvalue weighted by Gasteiger charge is -2.22. The number of nitrogens with two attached hydrogens (primary N) is 1. The highest BCUT2D eigenvalue weighted by molar-refractivity contribution is 5.60. The minimum atomic E-state index is 0.525. The second kappa shape index (κ2) is 6.12. The Kier molecular flexibility index (Phi) is 4.04. The van der Waals surface area contributed by atoms with Gasteiger partial charge in [-0.15, -0.1) is 0 Å². The highest BCUT2D eigenvalue weighted by Crippen LogP contribution is 2.27. The first-order valence-electron chi connectivity index (χ1n) is 7.63.